The molecular weight excluding hydrogens is 584 g/mol. The molecule has 8 heteroatoms. The highest BCUT2D eigenvalue weighted by molar-refractivity contribution is 5.60. The van der Waals surface area contributed by atoms with Crippen LogP contribution in [0.5, 0.6) is 0 Å². The van der Waals surface area contributed by atoms with Gasteiger partial charge in [-0.2, -0.15) is 0 Å². The van der Waals surface area contributed by atoms with E-state index in [0.29, 0.717) is 6.61 Å². The van der Waals surface area contributed by atoms with E-state index in [9.17, 15) is 20.1 Å². The van der Waals surface area contributed by atoms with Crippen molar-refractivity contribution in [3.05, 3.63) is 0 Å². The molecule has 274 valence electrons. The molecule has 0 aliphatic carbocycles. The number of hydrogen-bond donors (Lipinski definition) is 3. The fourth-order valence-corrected chi connectivity index (χ4v) is 6.27. The molecule has 0 saturated carbocycles. The van der Waals surface area contributed by atoms with Gasteiger partial charge in [-0.05, 0) is 12.8 Å². The lowest BCUT2D eigenvalue weighted by Crippen LogP contribution is -2.65. The Morgan fingerprint density at radius 3 is 1.35 bits per heavy atom. The summed E-state index contributed by atoms with van der Waals surface area (Å²) >= 11 is 0. The minimum absolute atomic E-state index is 0.0230. The smallest absolute Gasteiger partial charge is 0.434 e. The van der Waals surface area contributed by atoms with Crippen LogP contribution >= 0.6 is 0 Å². The van der Waals surface area contributed by atoms with Gasteiger partial charge in [0, 0.05) is 13.5 Å². The summed E-state index contributed by atoms with van der Waals surface area (Å²) in [5.41, 5.74) is 0. The topological polar surface area (TPSA) is 115 Å². The van der Waals surface area contributed by atoms with Crippen LogP contribution in [0.25, 0.3) is 0 Å². The van der Waals surface area contributed by atoms with Crippen LogP contribution in [0, 0.1) is 0 Å². The summed E-state index contributed by atoms with van der Waals surface area (Å²) in [6.45, 7) is 6.63. The van der Waals surface area contributed by atoms with Gasteiger partial charge in [0.05, 0.1) is 13.2 Å². The molecule has 8 nitrogen and oxygen atoms in total. The van der Waals surface area contributed by atoms with E-state index < -0.39 is 36.4 Å². The van der Waals surface area contributed by atoms with Crippen molar-refractivity contribution in [2.45, 2.75) is 218 Å². The number of carbonyl (C=O) groups excluding carboxylic acids is 1. The normalized spacial score (nSPS) is 23.1. The van der Waals surface area contributed by atoms with Gasteiger partial charge in [-0.3, -0.25) is 0 Å². The average Bonchev–Trinajstić information content (AvgIpc) is 3.04. The number of aliphatic hydroxyl groups excluding tert-OH is 3. The van der Waals surface area contributed by atoms with Crippen LogP contribution in [0.4, 0.5) is 4.79 Å². The second-order valence-corrected chi connectivity index (χ2v) is 13.9. The second kappa shape index (κ2) is 29.0. The molecule has 1 rings (SSSR count). The third-order valence-electron chi connectivity index (χ3n) is 9.41. The standard InChI is InChI=1S/C38H74O8/c1-4-6-8-10-12-14-15-16-17-18-19-20-21-23-25-27-29-31-44-37(42)46-38(3)36(41)35(40)34(39)33(45-38)32-43-30-28-26-24-22-13-11-9-7-5-2/h33-36,39-41H,4-32H2,1-3H3/t33-,34-,35+,36-,38?/m1/s1. The predicted molar refractivity (Wildman–Crippen MR) is 186 cm³/mol. The summed E-state index contributed by atoms with van der Waals surface area (Å²) in [4.78, 5) is 12.4. The van der Waals surface area contributed by atoms with Crippen LogP contribution < -0.4 is 0 Å². The van der Waals surface area contributed by atoms with Gasteiger partial charge in [0.1, 0.15) is 24.4 Å². The van der Waals surface area contributed by atoms with Crippen molar-refractivity contribution in [3.63, 3.8) is 0 Å². The predicted octanol–water partition coefficient (Wildman–Crippen LogP) is 9.54. The van der Waals surface area contributed by atoms with Crippen molar-refractivity contribution in [3.8, 4) is 0 Å². The van der Waals surface area contributed by atoms with E-state index in [-0.39, 0.29) is 13.2 Å². The number of rotatable bonds is 31. The van der Waals surface area contributed by atoms with E-state index in [1.165, 1.54) is 142 Å². The quantitative estimate of drug-likeness (QED) is 0.0498. The molecule has 0 aromatic heterocycles. The van der Waals surface area contributed by atoms with E-state index in [4.69, 9.17) is 18.9 Å². The first-order valence-corrected chi connectivity index (χ1v) is 19.5. The van der Waals surface area contributed by atoms with Crippen LogP contribution in [0.3, 0.4) is 0 Å². The maximum Gasteiger partial charge on any atom is 0.510 e. The summed E-state index contributed by atoms with van der Waals surface area (Å²) in [7, 11) is 0. The van der Waals surface area contributed by atoms with Crippen LogP contribution in [0.15, 0.2) is 0 Å². The zero-order chi connectivity index (χ0) is 33.7. The molecule has 3 N–H and O–H groups in total. The van der Waals surface area contributed by atoms with Crippen LogP contribution in [0.2, 0.25) is 0 Å². The molecule has 0 amide bonds. The molecule has 1 aliphatic rings. The van der Waals surface area contributed by atoms with E-state index in [1.54, 1.807) is 0 Å². The van der Waals surface area contributed by atoms with E-state index in [2.05, 4.69) is 13.8 Å². The van der Waals surface area contributed by atoms with E-state index in [1.807, 2.05) is 0 Å². The van der Waals surface area contributed by atoms with Gasteiger partial charge < -0.3 is 34.3 Å². The van der Waals surface area contributed by atoms with Gasteiger partial charge in [0.25, 0.3) is 0 Å². The van der Waals surface area contributed by atoms with Gasteiger partial charge in [-0.15, -0.1) is 0 Å². The van der Waals surface area contributed by atoms with E-state index in [0.717, 1.165) is 32.1 Å². The highest BCUT2D eigenvalue weighted by Gasteiger charge is 2.53. The van der Waals surface area contributed by atoms with Gasteiger partial charge in [0.15, 0.2) is 0 Å². The minimum Gasteiger partial charge on any atom is -0.434 e. The van der Waals surface area contributed by atoms with Crippen molar-refractivity contribution in [2.24, 2.45) is 0 Å². The van der Waals surface area contributed by atoms with E-state index >= 15 is 0 Å². The SMILES string of the molecule is CCCCCCCCCCCCCCCCCCCOC(=O)OC1(C)O[C@H](COCCCCCCCCCCC)[C@@H](O)[C@H](O)[C@H]1O. The Balaban J connectivity index is 2.08. The first-order valence-electron chi connectivity index (χ1n) is 19.5. The first kappa shape index (κ1) is 43.1. The number of aliphatic hydroxyl groups is 3. The molecule has 1 saturated heterocycles. The molecule has 1 unspecified atom stereocenters. The molecule has 0 aromatic carbocycles. The molecule has 0 bridgehead atoms. The number of hydrogen-bond acceptors (Lipinski definition) is 8. The highest BCUT2D eigenvalue weighted by Crippen LogP contribution is 2.32. The van der Waals surface area contributed by atoms with Gasteiger partial charge >= 0.3 is 6.16 Å². The Hall–Kier alpha value is -0.930. The Bertz CT molecular complexity index is 692. The molecule has 1 heterocycles. The summed E-state index contributed by atoms with van der Waals surface area (Å²) in [6.07, 6.45) is 26.2. The molecule has 0 radical (unpaired) electrons. The van der Waals surface area contributed by atoms with Gasteiger partial charge in [-0.1, -0.05) is 168 Å². The zero-order valence-corrected chi connectivity index (χ0v) is 30.2. The van der Waals surface area contributed by atoms with Crippen molar-refractivity contribution in [1.82, 2.24) is 0 Å². The zero-order valence-electron chi connectivity index (χ0n) is 30.2. The molecule has 0 spiro atoms. The molecule has 46 heavy (non-hydrogen) atoms. The lowest BCUT2D eigenvalue weighted by Gasteiger charge is -2.45. The Kier molecular flexibility index (Phi) is 27.2. The number of ether oxygens (including phenoxy) is 4. The monoisotopic (exact) mass is 659 g/mol. The Morgan fingerprint density at radius 2 is 0.935 bits per heavy atom. The molecule has 5 atom stereocenters. The maximum absolute atomic E-state index is 12.4. The second-order valence-electron chi connectivity index (χ2n) is 13.9. The van der Waals surface area contributed by atoms with Gasteiger partial charge in [0.2, 0.25) is 5.79 Å². The summed E-state index contributed by atoms with van der Waals surface area (Å²) in [5, 5.41) is 31.3. The molecular formula is C38H74O8. The molecule has 1 aliphatic heterocycles. The number of carbonyl (C=O) groups is 1. The maximum atomic E-state index is 12.4. The van der Waals surface area contributed by atoms with Crippen LogP contribution in [0.1, 0.15) is 188 Å². The molecule has 1 fully saturated rings. The van der Waals surface area contributed by atoms with Crippen molar-refractivity contribution in [1.29, 1.82) is 0 Å². The highest BCUT2D eigenvalue weighted by atomic mass is 16.8. The van der Waals surface area contributed by atoms with Crippen molar-refractivity contribution in [2.75, 3.05) is 19.8 Å². The Morgan fingerprint density at radius 1 is 0.565 bits per heavy atom. The summed E-state index contributed by atoms with van der Waals surface area (Å²) < 4.78 is 22.0. The lowest BCUT2D eigenvalue weighted by atomic mass is 9.93. The van der Waals surface area contributed by atoms with Gasteiger partial charge in [-0.25, -0.2) is 4.79 Å². The van der Waals surface area contributed by atoms with Crippen molar-refractivity contribution >= 4 is 6.16 Å². The third-order valence-corrected chi connectivity index (χ3v) is 9.41. The summed E-state index contributed by atoms with van der Waals surface area (Å²) in [5.74, 6) is -1.85. The third kappa shape index (κ3) is 21.1. The lowest BCUT2D eigenvalue weighted by molar-refractivity contribution is -0.343. The number of unbranched alkanes of at least 4 members (excludes halogenated alkanes) is 24. The largest absolute Gasteiger partial charge is 0.510 e. The summed E-state index contributed by atoms with van der Waals surface area (Å²) in [6, 6.07) is 0. The minimum atomic E-state index is -1.85. The Labute approximate surface area is 282 Å². The fourth-order valence-electron chi connectivity index (χ4n) is 6.27. The van der Waals surface area contributed by atoms with Crippen LogP contribution in [-0.4, -0.2) is 71.5 Å². The van der Waals surface area contributed by atoms with Crippen LogP contribution in [-0.2, 0) is 18.9 Å². The fraction of sp³-hybridized carbons (Fsp3) is 0.974. The molecule has 0 aromatic rings. The average molecular weight is 659 g/mol. The first-order chi connectivity index (χ1) is 22.4. The van der Waals surface area contributed by atoms with Crippen molar-refractivity contribution < 1.29 is 39.1 Å².